The molecule has 0 aromatic heterocycles. The second-order valence-electron chi connectivity index (χ2n) is 7.10. The maximum atomic E-state index is 12.4. The Bertz CT molecular complexity index is 406. The first-order valence-corrected chi connectivity index (χ1v) is 8.34. The number of ether oxygens (including phenoxy) is 1. The van der Waals surface area contributed by atoms with Crippen molar-refractivity contribution in [2.75, 3.05) is 6.61 Å². The largest absolute Gasteiger partial charge is 0.466 e. The van der Waals surface area contributed by atoms with Crippen molar-refractivity contribution in [2.24, 2.45) is 23.2 Å². The molecule has 0 aliphatic heterocycles. The van der Waals surface area contributed by atoms with E-state index in [1.807, 2.05) is 6.92 Å². The molecule has 2 atom stereocenters. The molecule has 1 fully saturated rings. The van der Waals surface area contributed by atoms with E-state index < -0.39 is 0 Å². The van der Waals surface area contributed by atoms with Gasteiger partial charge in [-0.25, -0.2) is 0 Å². The average Bonchev–Trinajstić information content (AvgIpc) is 2.95. The Balaban J connectivity index is 2.40. The summed E-state index contributed by atoms with van der Waals surface area (Å²) in [6, 6.07) is 0. The van der Waals surface area contributed by atoms with Gasteiger partial charge in [0.1, 0.15) is 0 Å². The van der Waals surface area contributed by atoms with Crippen molar-refractivity contribution in [1.29, 1.82) is 0 Å². The monoisotopic (exact) mass is 278 g/mol. The highest BCUT2D eigenvalue weighted by atomic mass is 16.5. The standard InChI is InChI=1S/C18H30O2/c1-6-20-17(19)15-8-7-10-18(15)11-9-14(12(2)3)16(18)13(4)5/h12-13,15H,6-11H2,1-5H3/t15-,18-/m0/s1. The number of esters is 1. The van der Waals surface area contributed by atoms with E-state index in [2.05, 4.69) is 27.7 Å². The van der Waals surface area contributed by atoms with Crippen molar-refractivity contribution < 1.29 is 9.53 Å². The molecule has 2 rings (SSSR count). The number of carbonyl (C=O) groups excluding carboxylic acids is 1. The van der Waals surface area contributed by atoms with Crippen LogP contribution < -0.4 is 0 Å². The maximum Gasteiger partial charge on any atom is 0.309 e. The summed E-state index contributed by atoms with van der Waals surface area (Å²) in [5, 5.41) is 0. The van der Waals surface area contributed by atoms with Gasteiger partial charge in [0.2, 0.25) is 0 Å². The van der Waals surface area contributed by atoms with Gasteiger partial charge in [0.05, 0.1) is 12.5 Å². The maximum absolute atomic E-state index is 12.4. The second kappa shape index (κ2) is 5.91. The number of rotatable bonds is 4. The van der Waals surface area contributed by atoms with Crippen molar-refractivity contribution in [2.45, 2.75) is 66.7 Å². The van der Waals surface area contributed by atoms with Crippen LogP contribution >= 0.6 is 0 Å². The van der Waals surface area contributed by atoms with Crippen molar-refractivity contribution in [3.63, 3.8) is 0 Å². The fraction of sp³-hybridized carbons (Fsp3) is 0.833. The smallest absolute Gasteiger partial charge is 0.309 e. The van der Waals surface area contributed by atoms with Crippen LogP contribution in [0.15, 0.2) is 11.1 Å². The van der Waals surface area contributed by atoms with Gasteiger partial charge in [0, 0.05) is 5.41 Å². The van der Waals surface area contributed by atoms with Gasteiger partial charge in [-0.05, 0) is 44.4 Å². The molecule has 2 heteroatoms. The van der Waals surface area contributed by atoms with E-state index in [1.54, 1.807) is 11.1 Å². The van der Waals surface area contributed by atoms with Crippen molar-refractivity contribution in [3.05, 3.63) is 11.1 Å². The Hall–Kier alpha value is -0.790. The van der Waals surface area contributed by atoms with Crippen LogP contribution in [0.2, 0.25) is 0 Å². The molecular weight excluding hydrogens is 248 g/mol. The van der Waals surface area contributed by atoms with Gasteiger partial charge in [0.25, 0.3) is 0 Å². The molecule has 1 saturated carbocycles. The highest BCUT2D eigenvalue weighted by molar-refractivity contribution is 5.75. The van der Waals surface area contributed by atoms with Crippen LogP contribution in [0.3, 0.4) is 0 Å². The lowest BCUT2D eigenvalue weighted by Crippen LogP contribution is -2.34. The Morgan fingerprint density at radius 1 is 1.25 bits per heavy atom. The van der Waals surface area contributed by atoms with E-state index in [0.29, 0.717) is 18.4 Å². The lowest BCUT2D eigenvalue weighted by atomic mass is 9.68. The summed E-state index contributed by atoms with van der Waals surface area (Å²) in [5.41, 5.74) is 3.35. The van der Waals surface area contributed by atoms with Gasteiger partial charge in [-0.15, -0.1) is 0 Å². The van der Waals surface area contributed by atoms with Gasteiger partial charge in [-0.1, -0.05) is 45.3 Å². The SMILES string of the molecule is CCOC(=O)[C@@H]1CCC[C@]12CCC(C(C)C)=C2C(C)C. The minimum Gasteiger partial charge on any atom is -0.466 e. The molecule has 0 aromatic carbocycles. The van der Waals surface area contributed by atoms with Gasteiger partial charge in [-0.3, -0.25) is 4.79 Å². The van der Waals surface area contributed by atoms with Crippen LogP contribution in [0.1, 0.15) is 66.7 Å². The van der Waals surface area contributed by atoms with Crippen molar-refractivity contribution in [3.8, 4) is 0 Å². The molecule has 20 heavy (non-hydrogen) atoms. The van der Waals surface area contributed by atoms with E-state index >= 15 is 0 Å². The molecule has 0 heterocycles. The van der Waals surface area contributed by atoms with Crippen LogP contribution in [0.25, 0.3) is 0 Å². The van der Waals surface area contributed by atoms with Crippen LogP contribution in [-0.4, -0.2) is 12.6 Å². The number of hydrogen-bond acceptors (Lipinski definition) is 2. The third-order valence-corrected chi connectivity index (χ3v) is 5.35. The summed E-state index contributed by atoms with van der Waals surface area (Å²) in [4.78, 5) is 12.4. The molecule has 2 nitrogen and oxygen atoms in total. The quantitative estimate of drug-likeness (QED) is 0.548. The highest BCUT2D eigenvalue weighted by Gasteiger charge is 2.53. The van der Waals surface area contributed by atoms with Crippen LogP contribution in [0, 0.1) is 23.2 Å². The molecule has 0 unspecified atom stereocenters. The Kier molecular flexibility index (Phi) is 4.61. The lowest BCUT2D eigenvalue weighted by molar-refractivity contribution is -0.151. The van der Waals surface area contributed by atoms with Crippen molar-refractivity contribution >= 4 is 5.97 Å². The van der Waals surface area contributed by atoms with Gasteiger partial charge in [0.15, 0.2) is 0 Å². The Labute approximate surface area is 124 Å². The minimum absolute atomic E-state index is 0.0492. The first-order chi connectivity index (χ1) is 9.44. The topological polar surface area (TPSA) is 26.3 Å². The van der Waals surface area contributed by atoms with Crippen LogP contribution in [0.5, 0.6) is 0 Å². The predicted molar refractivity (Wildman–Crippen MR) is 82.3 cm³/mol. The predicted octanol–water partition coefficient (Wildman–Crippen LogP) is 4.74. The molecular formula is C18H30O2. The number of hydrogen-bond donors (Lipinski definition) is 0. The number of allylic oxidation sites excluding steroid dienone is 2. The molecule has 1 spiro atoms. The first kappa shape index (κ1) is 15.6. The van der Waals surface area contributed by atoms with Gasteiger partial charge < -0.3 is 4.74 Å². The third-order valence-electron chi connectivity index (χ3n) is 5.35. The molecule has 2 aliphatic carbocycles. The second-order valence-corrected chi connectivity index (χ2v) is 7.10. The molecule has 0 N–H and O–H groups in total. The molecule has 114 valence electrons. The zero-order valence-electron chi connectivity index (χ0n) is 13.8. The molecule has 0 radical (unpaired) electrons. The minimum atomic E-state index is 0.0492. The van der Waals surface area contributed by atoms with E-state index in [-0.39, 0.29) is 17.3 Å². The van der Waals surface area contributed by atoms with Crippen LogP contribution in [0.4, 0.5) is 0 Å². The Morgan fingerprint density at radius 3 is 2.50 bits per heavy atom. The van der Waals surface area contributed by atoms with Crippen molar-refractivity contribution in [1.82, 2.24) is 0 Å². The summed E-state index contributed by atoms with van der Waals surface area (Å²) >= 11 is 0. The molecule has 0 aromatic rings. The lowest BCUT2D eigenvalue weighted by Gasteiger charge is -2.36. The zero-order chi connectivity index (χ0) is 14.9. The Morgan fingerprint density at radius 2 is 1.95 bits per heavy atom. The molecule has 0 saturated heterocycles. The third kappa shape index (κ3) is 2.42. The normalized spacial score (nSPS) is 30.1. The summed E-state index contributed by atoms with van der Waals surface area (Å²) in [6.07, 6.45) is 5.71. The molecule has 0 bridgehead atoms. The van der Waals surface area contributed by atoms with Gasteiger partial charge in [-0.2, -0.15) is 0 Å². The summed E-state index contributed by atoms with van der Waals surface area (Å²) < 4.78 is 5.37. The van der Waals surface area contributed by atoms with E-state index in [4.69, 9.17) is 4.74 Å². The zero-order valence-corrected chi connectivity index (χ0v) is 13.8. The fourth-order valence-corrected chi connectivity index (χ4v) is 4.77. The highest BCUT2D eigenvalue weighted by Crippen LogP contribution is 2.60. The molecule has 2 aliphatic rings. The molecule has 0 amide bonds. The first-order valence-electron chi connectivity index (χ1n) is 8.34. The summed E-state index contributed by atoms with van der Waals surface area (Å²) in [5.74, 6) is 1.31. The van der Waals surface area contributed by atoms with E-state index in [9.17, 15) is 4.79 Å². The van der Waals surface area contributed by atoms with Gasteiger partial charge >= 0.3 is 5.97 Å². The summed E-state index contributed by atoms with van der Waals surface area (Å²) in [6.45, 7) is 11.6. The van der Waals surface area contributed by atoms with E-state index in [1.165, 1.54) is 19.3 Å². The summed E-state index contributed by atoms with van der Waals surface area (Å²) in [7, 11) is 0. The van der Waals surface area contributed by atoms with Crippen LogP contribution in [-0.2, 0) is 9.53 Å². The van der Waals surface area contributed by atoms with E-state index in [0.717, 1.165) is 12.8 Å². The number of carbonyl (C=O) groups is 1. The fourth-order valence-electron chi connectivity index (χ4n) is 4.77. The average molecular weight is 278 g/mol.